The highest BCUT2D eigenvalue weighted by Gasteiger charge is 2.19. The highest BCUT2D eigenvalue weighted by atomic mass is 35.5. The van der Waals surface area contributed by atoms with Crippen LogP contribution in [0.1, 0.15) is 26.5 Å². The fourth-order valence-electron chi connectivity index (χ4n) is 3.45. The number of anilines is 3. The number of carbonyl (C=O) groups is 1. The second kappa shape index (κ2) is 9.58. The van der Waals surface area contributed by atoms with Crippen molar-refractivity contribution >= 4 is 55.2 Å². The molecule has 0 atom stereocenters. The van der Waals surface area contributed by atoms with E-state index in [0.29, 0.717) is 26.4 Å². The molecule has 6 nitrogen and oxygen atoms in total. The average molecular weight is 512 g/mol. The number of nitrogens with one attached hydrogen (secondary N) is 2. The van der Waals surface area contributed by atoms with Crippen LogP contribution in [0.2, 0.25) is 5.02 Å². The van der Waals surface area contributed by atoms with Crippen LogP contribution in [0.4, 0.5) is 16.5 Å². The van der Waals surface area contributed by atoms with Gasteiger partial charge in [-0.15, -0.1) is 0 Å². The lowest BCUT2D eigenvalue weighted by atomic mass is 10.1. The number of benzene rings is 3. The van der Waals surface area contributed by atoms with Crippen LogP contribution in [0, 0.1) is 20.8 Å². The first-order valence-electron chi connectivity index (χ1n) is 10.4. The van der Waals surface area contributed by atoms with E-state index in [-0.39, 0.29) is 15.7 Å². The highest BCUT2D eigenvalue weighted by molar-refractivity contribution is 7.91. The molecule has 0 aliphatic heterocycles. The van der Waals surface area contributed by atoms with Gasteiger partial charge in [0.25, 0.3) is 5.91 Å². The first-order valence-corrected chi connectivity index (χ1v) is 13.1. The molecular weight excluding hydrogens is 490 g/mol. The monoisotopic (exact) mass is 511 g/mol. The minimum absolute atomic E-state index is 0.135. The highest BCUT2D eigenvalue weighted by Crippen LogP contribution is 2.29. The van der Waals surface area contributed by atoms with Crippen molar-refractivity contribution in [1.82, 2.24) is 4.98 Å². The topological polar surface area (TPSA) is 88.2 Å². The summed E-state index contributed by atoms with van der Waals surface area (Å²) in [6.07, 6.45) is 0. The molecule has 1 heterocycles. The molecule has 9 heteroatoms. The van der Waals surface area contributed by atoms with Crippen molar-refractivity contribution in [3.05, 3.63) is 93.5 Å². The third-order valence-electron chi connectivity index (χ3n) is 5.24. The Labute approximate surface area is 207 Å². The van der Waals surface area contributed by atoms with Gasteiger partial charge < -0.3 is 10.6 Å². The zero-order valence-corrected chi connectivity index (χ0v) is 21.1. The second-order valence-corrected chi connectivity index (χ2v) is 11.1. The molecule has 0 saturated carbocycles. The first kappa shape index (κ1) is 23.9. The molecule has 0 saturated heterocycles. The number of thiazole rings is 1. The van der Waals surface area contributed by atoms with E-state index in [1.54, 1.807) is 31.2 Å². The van der Waals surface area contributed by atoms with Gasteiger partial charge in [0.1, 0.15) is 4.88 Å². The maximum absolute atomic E-state index is 12.9. The predicted octanol–water partition coefficient (Wildman–Crippen LogP) is 6.55. The maximum Gasteiger partial charge on any atom is 0.267 e. The van der Waals surface area contributed by atoms with E-state index in [1.165, 1.54) is 35.6 Å². The van der Waals surface area contributed by atoms with Crippen molar-refractivity contribution in [2.24, 2.45) is 0 Å². The molecule has 0 bridgehead atoms. The van der Waals surface area contributed by atoms with Crippen LogP contribution in [0.5, 0.6) is 0 Å². The average Bonchev–Trinajstić information content (AvgIpc) is 3.16. The quantitative estimate of drug-likeness (QED) is 0.306. The lowest BCUT2D eigenvalue weighted by molar-refractivity contribution is 0.102. The molecule has 0 fully saturated rings. The second-order valence-electron chi connectivity index (χ2n) is 7.76. The largest absolute Gasteiger partial charge is 0.332 e. The summed E-state index contributed by atoms with van der Waals surface area (Å²) in [5.41, 5.74) is 4.03. The molecule has 0 unspecified atom stereocenters. The zero-order valence-electron chi connectivity index (χ0n) is 18.7. The Morgan fingerprint density at radius 2 is 1.56 bits per heavy atom. The summed E-state index contributed by atoms with van der Waals surface area (Å²) < 4.78 is 25.7. The molecule has 1 aromatic heterocycles. The normalized spacial score (nSPS) is 11.3. The first-order chi connectivity index (χ1) is 16.1. The third kappa shape index (κ3) is 4.99. The van der Waals surface area contributed by atoms with Crippen molar-refractivity contribution in [3.8, 4) is 0 Å². The summed E-state index contributed by atoms with van der Waals surface area (Å²) in [5.74, 6) is -0.219. The number of halogens is 1. The standard InChI is InChI=1S/C25H22ClN3O3S2/c1-15-6-4-7-16(2)22(15)29-24(30)23-17(3)27-25(33-23)28-19-10-12-20(13-11-19)34(31,32)21-9-5-8-18(26)14-21/h4-14H,1-3H3,(H,27,28)(H,29,30). The fourth-order valence-corrected chi connectivity index (χ4v) is 5.90. The number of hydrogen-bond acceptors (Lipinski definition) is 6. The molecule has 2 N–H and O–H groups in total. The smallest absolute Gasteiger partial charge is 0.267 e. The molecular formula is C25H22ClN3O3S2. The Bertz CT molecular complexity index is 1460. The van der Waals surface area contributed by atoms with Crippen LogP contribution in [0.15, 0.2) is 76.5 Å². The van der Waals surface area contributed by atoms with Gasteiger partial charge in [0, 0.05) is 16.4 Å². The Kier molecular flexibility index (Phi) is 6.74. The lowest BCUT2D eigenvalue weighted by Gasteiger charge is -2.10. The molecule has 34 heavy (non-hydrogen) atoms. The van der Waals surface area contributed by atoms with E-state index in [9.17, 15) is 13.2 Å². The number of aryl methyl sites for hydroxylation is 3. The van der Waals surface area contributed by atoms with Crippen molar-refractivity contribution in [2.45, 2.75) is 30.6 Å². The summed E-state index contributed by atoms with van der Waals surface area (Å²) in [5, 5.41) is 7.02. The van der Waals surface area contributed by atoms with Crippen LogP contribution in [-0.4, -0.2) is 19.3 Å². The molecule has 0 spiro atoms. The SMILES string of the molecule is Cc1cccc(C)c1NC(=O)c1sc(Nc2ccc(S(=O)(=O)c3cccc(Cl)c3)cc2)nc1C. The third-order valence-corrected chi connectivity index (χ3v) is 8.32. The van der Waals surface area contributed by atoms with Crippen molar-refractivity contribution in [2.75, 3.05) is 10.6 Å². The molecule has 4 aromatic rings. The minimum Gasteiger partial charge on any atom is -0.332 e. The predicted molar refractivity (Wildman–Crippen MR) is 137 cm³/mol. The number of sulfone groups is 1. The van der Waals surface area contributed by atoms with Crippen molar-refractivity contribution in [1.29, 1.82) is 0 Å². The summed E-state index contributed by atoms with van der Waals surface area (Å²) in [4.78, 5) is 18.1. The zero-order chi connectivity index (χ0) is 24.5. The summed E-state index contributed by atoms with van der Waals surface area (Å²) in [7, 11) is -3.68. The van der Waals surface area contributed by atoms with Gasteiger partial charge in [-0.3, -0.25) is 4.79 Å². The number of para-hydroxylation sites is 1. The van der Waals surface area contributed by atoms with Crippen LogP contribution in [-0.2, 0) is 9.84 Å². The van der Waals surface area contributed by atoms with Gasteiger partial charge in [0.2, 0.25) is 9.84 Å². The van der Waals surface area contributed by atoms with Gasteiger partial charge in [0.15, 0.2) is 5.13 Å². The van der Waals surface area contributed by atoms with Gasteiger partial charge in [-0.1, -0.05) is 47.2 Å². The molecule has 0 aliphatic rings. The van der Waals surface area contributed by atoms with Crippen molar-refractivity contribution in [3.63, 3.8) is 0 Å². The summed E-state index contributed by atoms with van der Waals surface area (Å²) in [6.45, 7) is 5.68. The fraction of sp³-hybridized carbons (Fsp3) is 0.120. The van der Waals surface area contributed by atoms with Crippen LogP contribution in [0.3, 0.4) is 0 Å². The van der Waals surface area contributed by atoms with Gasteiger partial charge in [0.05, 0.1) is 15.5 Å². The number of amides is 1. The molecule has 0 aliphatic carbocycles. The van der Waals surface area contributed by atoms with Gasteiger partial charge >= 0.3 is 0 Å². The van der Waals surface area contributed by atoms with Crippen LogP contribution >= 0.6 is 22.9 Å². The van der Waals surface area contributed by atoms with Crippen LogP contribution in [0.25, 0.3) is 0 Å². The van der Waals surface area contributed by atoms with E-state index in [0.717, 1.165) is 16.8 Å². The Hall–Kier alpha value is -3.20. The number of rotatable bonds is 6. The molecule has 3 aromatic carbocycles. The van der Waals surface area contributed by atoms with Gasteiger partial charge in [-0.05, 0) is 74.4 Å². The molecule has 1 amide bonds. The van der Waals surface area contributed by atoms with E-state index >= 15 is 0 Å². The van der Waals surface area contributed by atoms with E-state index in [2.05, 4.69) is 15.6 Å². The van der Waals surface area contributed by atoms with Crippen LogP contribution < -0.4 is 10.6 Å². The Morgan fingerprint density at radius 1 is 0.912 bits per heavy atom. The van der Waals surface area contributed by atoms with Gasteiger partial charge in [-0.25, -0.2) is 13.4 Å². The molecule has 174 valence electrons. The Balaban J connectivity index is 1.51. The number of carbonyl (C=O) groups excluding carboxylic acids is 1. The van der Waals surface area contributed by atoms with E-state index in [4.69, 9.17) is 11.6 Å². The summed E-state index contributed by atoms with van der Waals surface area (Å²) >= 11 is 7.18. The number of aromatic nitrogens is 1. The lowest BCUT2D eigenvalue weighted by Crippen LogP contribution is -2.13. The van der Waals surface area contributed by atoms with Gasteiger partial charge in [-0.2, -0.15) is 0 Å². The molecule has 0 radical (unpaired) electrons. The van der Waals surface area contributed by atoms with E-state index in [1.807, 2.05) is 32.0 Å². The number of nitrogens with zero attached hydrogens (tertiary/aromatic N) is 1. The Morgan fingerprint density at radius 3 is 2.21 bits per heavy atom. The molecule has 4 rings (SSSR count). The minimum atomic E-state index is -3.68. The summed E-state index contributed by atoms with van der Waals surface area (Å²) in [6, 6.07) is 18.4. The number of hydrogen-bond donors (Lipinski definition) is 2. The van der Waals surface area contributed by atoms with Crippen molar-refractivity contribution < 1.29 is 13.2 Å². The maximum atomic E-state index is 12.9. The van der Waals surface area contributed by atoms with E-state index < -0.39 is 9.84 Å².